The van der Waals surface area contributed by atoms with Crippen LogP contribution in [0, 0.1) is 6.92 Å². The minimum Gasteiger partial charge on any atom is -0.379 e. The Morgan fingerprint density at radius 2 is 1.71 bits per heavy atom. The fourth-order valence-electron chi connectivity index (χ4n) is 4.95. The second-order valence-electron chi connectivity index (χ2n) is 9.48. The van der Waals surface area contributed by atoms with E-state index in [9.17, 15) is 8.42 Å². The average Bonchev–Trinajstić information content (AvgIpc) is 3.52. The van der Waals surface area contributed by atoms with Gasteiger partial charge in [-0.15, -0.1) is 10.2 Å². The maximum absolute atomic E-state index is 13.5. The van der Waals surface area contributed by atoms with Gasteiger partial charge in [0.15, 0.2) is 5.82 Å². The van der Waals surface area contributed by atoms with Crippen LogP contribution in [-0.4, -0.2) is 71.4 Å². The van der Waals surface area contributed by atoms with Gasteiger partial charge in [-0.25, -0.2) is 18.4 Å². The number of nitrogens with one attached hydrogen (secondary N) is 1. The minimum atomic E-state index is -3.87. The van der Waals surface area contributed by atoms with Gasteiger partial charge in [0, 0.05) is 39.1 Å². The Kier molecular flexibility index (Phi) is 8.04. The van der Waals surface area contributed by atoms with Crippen molar-refractivity contribution in [2.24, 2.45) is 0 Å². The van der Waals surface area contributed by atoms with E-state index in [0.29, 0.717) is 18.3 Å². The first-order valence-corrected chi connectivity index (χ1v) is 13.7. The summed E-state index contributed by atoms with van der Waals surface area (Å²) >= 11 is 0. The lowest BCUT2D eigenvalue weighted by atomic mass is 9.89. The Bertz CT molecular complexity index is 1070. The van der Waals surface area contributed by atoms with Gasteiger partial charge in [0.25, 0.3) is 0 Å². The van der Waals surface area contributed by atoms with Crippen LogP contribution in [0.4, 0.5) is 5.95 Å². The van der Waals surface area contributed by atoms with Crippen molar-refractivity contribution in [1.82, 2.24) is 24.7 Å². The van der Waals surface area contributed by atoms with Gasteiger partial charge in [-0.1, -0.05) is 6.92 Å². The highest BCUT2D eigenvalue weighted by atomic mass is 32.2. The number of hydrogen-bond donors (Lipinski definition) is 1. The Labute approximate surface area is 207 Å². The van der Waals surface area contributed by atoms with Crippen molar-refractivity contribution in [3.05, 3.63) is 29.6 Å². The third kappa shape index (κ3) is 5.35. The van der Waals surface area contributed by atoms with E-state index < -0.39 is 21.2 Å². The SMILES string of the molecule is CO[C@H]1CCC[C@@H](OC)[C@@H]1n1c(NS(=O)(=O)[C@@H](C)[C@H](C)c2ncc(C)cn2)nnc1C1CCCO1. The van der Waals surface area contributed by atoms with E-state index in [1.54, 1.807) is 40.5 Å². The molecule has 0 spiro atoms. The number of hydrogen-bond acceptors (Lipinski definition) is 9. The molecule has 11 nitrogen and oxygen atoms in total. The Morgan fingerprint density at radius 3 is 2.29 bits per heavy atom. The van der Waals surface area contributed by atoms with Crippen LogP contribution in [0.15, 0.2) is 12.4 Å². The van der Waals surface area contributed by atoms with E-state index in [2.05, 4.69) is 24.9 Å². The normalized spacial score (nSPS) is 27.0. The van der Waals surface area contributed by atoms with Crippen molar-refractivity contribution in [3.63, 3.8) is 0 Å². The van der Waals surface area contributed by atoms with Gasteiger partial charge in [-0.2, -0.15) is 0 Å². The average molecular weight is 509 g/mol. The van der Waals surface area contributed by atoms with Crippen molar-refractivity contribution < 1.29 is 22.6 Å². The molecular weight excluding hydrogens is 472 g/mol. The fourth-order valence-corrected chi connectivity index (χ4v) is 6.19. The second kappa shape index (κ2) is 10.9. The van der Waals surface area contributed by atoms with Crippen LogP contribution in [0.5, 0.6) is 0 Å². The molecule has 0 amide bonds. The van der Waals surface area contributed by atoms with Gasteiger partial charge in [-0.05, 0) is 51.5 Å². The molecular formula is C23H36N6O5S. The van der Waals surface area contributed by atoms with Crippen molar-refractivity contribution in [2.75, 3.05) is 25.5 Å². The molecule has 0 aromatic carbocycles. The summed E-state index contributed by atoms with van der Waals surface area (Å²) in [6.07, 6.45) is 7.09. The molecule has 1 unspecified atom stereocenters. The molecule has 1 aliphatic heterocycles. The van der Waals surface area contributed by atoms with E-state index in [1.807, 2.05) is 11.5 Å². The number of nitrogens with zero attached hydrogens (tertiary/aromatic N) is 5. The summed E-state index contributed by atoms with van der Waals surface area (Å²) in [6.45, 7) is 5.98. The predicted molar refractivity (Wildman–Crippen MR) is 130 cm³/mol. The molecule has 0 radical (unpaired) electrons. The first kappa shape index (κ1) is 25.9. The summed E-state index contributed by atoms with van der Waals surface area (Å²) in [5.74, 6) is 0.783. The Balaban J connectivity index is 1.69. The van der Waals surface area contributed by atoms with Crippen LogP contribution in [0.1, 0.15) is 81.2 Å². The van der Waals surface area contributed by atoms with Crippen molar-refractivity contribution in [1.29, 1.82) is 0 Å². The third-order valence-corrected chi connectivity index (χ3v) is 9.07. The molecule has 2 aromatic heterocycles. The number of anilines is 1. The van der Waals surface area contributed by atoms with Gasteiger partial charge in [0.05, 0.1) is 23.5 Å². The van der Waals surface area contributed by atoms with E-state index in [1.165, 1.54) is 0 Å². The van der Waals surface area contributed by atoms with Gasteiger partial charge in [-0.3, -0.25) is 9.29 Å². The van der Waals surface area contributed by atoms with Gasteiger partial charge >= 0.3 is 0 Å². The van der Waals surface area contributed by atoms with Gasteiger partial charge < -0.3 is 14.2 Å². The highest BCUT2D eigenvalue weighted by Crippen LogP contribution is 2.39. The Morgan fingerprint density at radius 1 is 1.06 bits per heavy atom. The molecule has 1 saturated heterocycles. The number of aryl methyl sites for hydroxylation is 1. The van der Waals surface area contributed by atoms with Crippen LogP contribution in [0.2, 0.25) is 0 Å². The highest BCUT2D eigenvalue weighted by Gasteiger charge is 2.41. The minimum absolute atomic E-state index is 0.148. The van der Waals surface area contributed by atoms with Crippen LogP contribution in [0.25, 0.3) is 0 Å². The lowest BCUT2D eigenvalue weighted by Gasteiger charge is -2.38. The van der Waals surface area contributed by atoms with E-state index in [-0.39, 0.29) is 30.3 Å². The number of aromatic nitrogens is 5. The zero-order valence-electron chi connectivity index (χ0n) is 21.0. The monoisotopic (exact) mass is 508 g/mol. The van der Waals surface area contributed by atoms with Gasteiger partial charge in [0.2, 0.25) is 16.0 Å². The molecule has 4 rings (SSSR count). The molecule has 3 heterocycles. The fraction of sp³-hybridized carbons (Fsp3) is 0.739. The van der Waals surface area contributed by atoms with E-state index in [0.717, 1.165) is 37.7 Å². The Hall–Kier alpha value is -2.15. The van der Waals surface area contributed by atoms with Gasteiger partial charge in [0.1, 0.15) is 11.9 Å². The van der Waals surface area contributed by atoms with Crippen molar-refractivity contribution in [2.45, 2.75) is 88.4 Å². The molecule has 2 aromatic rings. The summed E-state index contributed by atoms with van der Waals surface area (Å²) in [5, 5.41) is 7.86. The molecule has 12 heteroatoms. The summed E-state index contributed by atoms with van der Waals surface area (Å²) in [6, 6.07) is -0.293. The van der Waals surface area contributed by atoms with E-state index in [4.69, 9.17) is 14.2 Å². The lowest BCUT2D eigenvalue weighted by molar-refractivity contribution is -0.0580. The maximum atomic E-state index is 13.5. The van der Waals surface area contributed by atoms with Crippen molar-refractivity contribution >= 4 is 16.0 Å². The number of sulfonamides is 1. The summed E-state index contributed by atoms with van der Waals surface area (Å²) < 4.78 is 49.1. The van der Waals surface area contributed by atoms with E-state index >= 15 is 0 Å². The second-order valence-corrected chi connectivity index (χ2v) is 11.5. The molecule has 2 aliphatic rings. The van der Waals surface area contributed by atoms with Crippen LogP contribution in [-0.2, 0) is 24.2 Å². The molecule has 35 heavy (non-hydrogen) atoms. The summed E-state index contributed by atoms with van der Waals surface area (Å²) in [7, 11) is -0.531. The largest absolute Gasteiger partial charge is 0.379 e. The molecule has 1 N–H and O–H groups in total. The molecule has 1 saturated carbocycles. The predicted octanol–water partition coefficient (Wildman–Crippen LogP) is 2.92. The molecule has 194 valence electrons. The molecule has 0 bridgehead atoms. The first-order valence-electron chi connectivity index (χ1n) is 12.2. The molecule has 2 fully saturated rings. The highest BCUT2D eigenvalue weighted by molar-refractivity contribution is 7.93. The smallest absolute Gasteiger partial charge is 0.238 e. The third-order valence-electron chi connectivity index (χ3n) is 7.22. The topological polar surface area (TPSA) is 130 Å². The molecule has 1 aliphatic carbocycles. The van der Waals surface area contributed by atoms with Crippen LogP contribution >= 0.6 is 0 Å². The number of rotatable bonds is 9. The number of methoxy groups -OCH3 is 2. The summed E-state index contributed by atoms with van der Waals surface area (Å²) in [5.41, 5.74) is 0.914. The quantitative estimate of drug-likeness (QED) is 0.543. The zero-order valence-corrected chi connectivity index (χ0v) is 21.9. The summed E-state index contributed by atoms with van der Waals surface area (Å²) in [4.78, 5) is 8.65. The molecule has 6 atom stereocenters. The van der Waals surface area contributed by atoms with Crippen LogP contribution < -0.4 is 4.72 Å². The lowest BCUT2D eigenvalue weighted by Crippen LogP contribution is -2.42. The maximum Gasteiger partial charge on any atom is 0.238 e. The van der Waals surface area contributed by atoms with Crippen molar-refractivity contribution in [3.8, 4) is 0 Å². The first-order chi connectivity index (χ1) is 16.8. The number of ether oxygens (including phenoxy) is 3. The zero-order chi connectivity index (χ0) is 25.2. The van der Waals surface area contributed by atoms with Crippen LogP contribution in [0.3, 0.4) is 0 Å². The standard InChI is InChI=1S/C23H36N6O5S/c1-14-12-24-21(25-13-14)15(2)16(3)35(30,31)28-23-27-26-22(19-10-7-11-34-19)29(23)20-17(32-4)8-6-9-18(20)33-5/h12-13,15-20H,6-11H2,1-5H3,(H,27,28)/t15-,16-,17-,18+,19?,20+/m0/s1.